The average Bonchev–Trinajstić information content (AvgIpc) is 3.02. The Kier molecular flexibility index (Phi) is 3.63. The van der Waals surface area contributed by atoms with Crippen LogP contribution < -0.4 is 10.6 Å². The van der Waals surface area contributed by atoms with Crippen molar-refractivity contribution >= 4 is 11.5 Å². The molecule has 19 heavy (non-hydrogen) atoms. The van der Waals surface area contributed by atoms with Crippen LogP contribution in [-0.4, -0.2) is 17.6 Å². The van der Waals surface area contributed by atoms with Crippen LogP contribution in [0.15, 0.2) is 18.3 Å². The maximum atomic E-state index is 4.32. The van der Waals surface area contributed by atoms with Gasteiger partial charge in [-0.2, -0.15) is 0 Å². The highest BCUT2D eigenvalue weighted by Crippen LogP contribution is 2.49. The van der Waals surface area contributed by atoms with Crippen molar-refractivity contribution in [3.8, 4) is 0 Å². The summed E-state index contributed by atoms with van der Waals surface area (Å²) < 4.78 is 0. The first-order valence-electron chi connectivity index (χ1n) is 7.72. The van der Waals surface area contributed by atoms with Crippen LogP contribution >= 0.6 is 0 Å². The molecule has 0 spiro atoms. The molecule has 2 saturated carbocycles. The normalized spacial score (nSPS) is 30.3. The molecule has 1 heterocycles. The van der Waals surface area contributed by atoms with E-state index in [1.807, 2.05) is 6.20 Å². The smallest absolute Gasteiger partial charge is 0.127 e. The topological polar surface area (TPSA) is 37.0 Å². The van der Waals surface area contributed by atoms with Crippen molar-refractivity contribution in [3.05, 3.63) is 18.3 Å². The number of rotatable bonds is 5. The highest BCUT2D eigenvalue weighted by Gasteiger charge is 2.41. The number of nitrogens with zero attached hydrogens (tertiary/aromatic N) is 1. The molecule has 4 unspecified atom stereocenters. The molecule has 1 aromatic heterocycles. The van der Waals surface area contributed by atoms with Gasteiger partial charge in [-0.15, -0.1) is 0 Å². The number of nitrogens with one attached hydrogen (secondary N) is 2. The summed E-state index contributed by atoms with van der Waals surface area (Å²) in [5.74, 6) is 3.83. The van der Waals surface area contributed by atoms with Crippen molar-refractivity contribution in [2.24, 2.45) is 17.8 Å². The maximum Gasteiger partial charge on any atom is 0.127 e. The molecule has 0 aliphatic heterocycles. The standard InChI is InChI=1S/C16H25N3/c1-3-17-16-10-14(6-7-18-16)19-11(2)15-9-12-4-5-13(15)8-12/h6-7,10-13,15H,3-5,8-9H2,1-2H3,(H2,17,18,19). The molecule has 2 aliphatic rings. The van der Waals surface area contributed by atoms with Gasteiger partial charge in [0.05, 0.1) is 0 Å². The third-order valence-corrected chi connectivity index (χ3v) is 4.95. The second-order valence-electron chi connectivity index (χ2n) is 6.23. The first-order chi connectivity index (χ1) is 9.26. The van der Waals surface area contributed by atoms with Gasteiger partial charge in [0.2, 0.25) is 0 Å². The molecule has 3 rings (SSSR count). The lowest BCUT2D eigenvalue weighted by Gasteiger charge is -2.29. The third kappa shape index (κ3) is 2.70. The zero-order valence-corrected chi connectivity index (χ0v) is 12.0. The van der Waals surface area contributed by atoms with Gasteiger partial charge in [0, 0.05) is 30.5 Å². The van der Waals surface area contributed by atoms with Crippen LogP contribution in [-0.2, 0) is 0 Å². The Bertz CT molecular complexity index is 432. The van der Waals surface area contributed by atoms with Gasteiger partial charge in [0.15, 0.2) is 0 Å². The molecule has 0 aromatic carbocycles. The Hall–Kier alpha value is -1.25. The monoisotopic (exact) mass is 259 g/mol. The third-order valence-electron chi connectivity index (χ3n) is 4.95. The minimum absolute atomic E-state index is 0.576. The van der Waals surface area contributed by atoms with E-state index in [1.165, 1.54) is 31.4 Å². The molecule has 2 bridgehead atoms. The Morgan fingerprint density at radius 1 is 1.37 bits per heavy atom. The van der Waals surface area contributed by atoms with Crippen molar-refractivity contribution in [3.63, 3.8) is 0 Å². The highest BCUT2D eigenvalue weighted by molar-refractivity contribution is 5.52. The van der Waals surface area contributed by atoms with Crippen LogP contribution in [0.1, 0.15) is 39.5 Å². The van der Waals surface area contributed by atoms with E-state index in [4.69, 9.17) is 0 Å². The minimum atomic E-state index is 0.576. The van der Waals surface area contributed by atoms with Crippen LogP contribution in [0.25, 0.3) is 0 Å². The predicted molar refractivity (Wildman–Crippen MR) is 80.4 cm³/mol. The SMILES string of the molecule is CCNc1cc(NC(C)C2CC3CCC2C3)ccn1. The number of hydrogen-bond acceptors (Lipinski definition) is 3. The second-order valence-corrected chi connectivity index (χ2v) is 6.23. The lowest BCUT2D eigenvalue weighted by Crippen LogP contribution is -2.29. The summed E-state index contributed by atoms with van der Waals surface area (Å²) in [7, 11) is 0. The van der Waals surface area contributed by atoms with E-state index in [1.54, 1.807) is 0 Å². The number of anilines is 2. The van der Waals surface area contributed by atoms with Crippen LogP contribution in [0.3, 0.4) is 0 Å². The zero-order chi connectivity index (χ0) is 13.2. The molecule has 2 N–H and O–H groups in total. The van der Waals surface area contributed by atoms with E-state index in [0.29, 0.717) is 6.04 Å². The van der Waals surface area contributed by atoms with Gasteiger partial charge in [-0.25, -0.2) is 4.98 Å². The maximum absolute atomic E-state index is 4.32. The first kappa shape index (κ1) is 12.8. The molecule has 1 aromatic rings. The van der Waals surface area contributed by atoms with E-state index >= 15 is 0 Å². The van der Waals surface area contributed by atoms with Gasteiger partial charge in [-0.3, -0.25) is 0 Å². The Labute approximate surface area is 116 Å². The molecule has 3 heteroatoms. The molecular weight excluding hydrogens is 234 g/mol. The fourth-order valence-electron chi connectivity index (χ4n) is 4.07. The Balaban J connectivity index is 1.62. The molecule has 2 aliphatic carbocycles. The molecular formula is C16H25N3. The van der Waals surface area contributed by atoms with Crippen molar-refractivity contribution in [2.75, 3.05) is 17.2 Å². The molecule has 3 nitrogen and oxygen atoms in total. The molecule has 0 radical (unpaired) electrons. The molecule has 0 saturated heterocycles. The molecule has 4 atom stereocenters. The quantitative estimate of drug-likeness (QED) is 0.845. The van der Waals surface area contributed by atoms with Crippen molar-refractivity contribution in [2.45, 2.75) is 45.6 Å². The van der Waals surface area contributed by atoms with E-state index in [9.17, 15) is 0 Å². The summed E-state index contributed by atoms with van der Waals surface area (Å²) in [6, 6.07) is 4.77. The van der Waals surface area contributed by atoms with Gasteiger partial charge in [0.1, 0.15) is 5.82 Å². The largest absolute Gasteiger partial charge is 0.382 e. The number of hydrogen-bond donors (Lipinski definition) is 2. The zero-order valence-electron chi connectivity index (χ0n) is 12.0. The highest BCUT2D eigenvalue weighted by atomic mass is 15.0. The van der Waals surface area contributed by atoms with Crippen molar-refractivity contribution < 1.29 is 0 Å². The number of pyridine rings is 1. The second kappa shape index (κ2) is 5.40. The van der Waals surface area contributed by atoms with Gasteiger partial charge in [-0.1, -0.05) is 6.42 Å². The first-order valence-corrected chi connectivity index (χ1v) is 7.72. The van der Waals surface area contributed by atoms with Gasteiger partial charge < -0.3 is 10.6 Å². The fourth-order valence-corrected chi connectivity index (χ4v) is 4.07. The van der Waals surface area contributed by atoms with Gasteiger partial charge in [0.25, 0.3) is 0 Å². The summed E-state index contributed by atoms with van der Waals surface area (Å²) in [6.45, 7) is 5.36. The van der Waals surface area contributed by atoms with E-state index in [0.717, 1.165) is 30.1 Å². The summed E-state index contributed by atoms with van der Waals surface area (Å²) in [4.78, 5) is 4.32. The van der Waals surface area contributed by atoms with Crippen LogP contribution in [0.5, 0.6) is 0 Å². The Morgan fingerprint density at radius 3 is 2.95 bits per heavy atom. The predicted octanol–water partition coefficient (Wildman–Crippen LogP) is 3.75. The fraction of sp³-hybridized carbons (Fsp3) is 0.688. The van der Waals surface area contributed by atoms with Crippen LogP contribution in [0.4, 0.5) is 11.5 Å². The average molecular weight is 259 g/mol. The van der Waals surface area contributed by atoms with Crippen LogP contribution in [0, 0.1) is 17.8 Å². The van der Waals surface area contributed by atoms with Crippen molar-refractivity contribution in [1.82, 2.24) is 4.98 Å². The number of aromatic nitrogens is 1. The summed E-state index contributed by atoms with van der Waals surface area (Å²) in [6.07, 6.45) is 7.74. The summed E-state index contributed by atoms with van der Waals surface area (Å²) in [5.41, 5.74) is 1.20. The van der Waals surface area contributed by atoms with Crippen molar-refractivity contribution in [1.29, 1.82) is 0 Å². The van der Waals surface area contributed by atoms with E-state index in [2.05, 4.69) is 41.6 Å². The molecule has 0 amide bonds. The van der Waals surface area contributed by atoms with Gasteiger partial charge in [-0.05, 0) is 56.9 Å². The number of fused-ring (bicyclic) bond motifs is 2. The van der Waals surface area contributed by atoms with E-state index < -0.39 is 0 Å². The molecule has 104 valence electrons. The summed E-state index contributed by atoms with van der Waals surface area (Å²) >= 11 is 0. The lowest BCUT2D eigenvalue weighted by molar-refractivity contribution is 0.304. The van der Waals surface area contributed by atoms with Gasteiger partial charge >= 0.3 is 0 Å². The summed E-state index contributed by atoms with van der Waals surface area (Å²) in [5, 5.41) is 6.95. The Morgan fingerprint density at radius 2 is 2.26 bits per heavy atom. The van der Waals surface area contributed by atoms with Crippen LogP contribution in [0.2, 0.25) is 0 Å². The molecule has 2 fully saturated rings. The van der Waals surface area contributed by atoms with E-state index in [-0.39, 0.29) is 0 Å². The lowest BCUT2D eigenvalue weighted by atomic mass is 9.84. The minimum Gasteiger partial charge on any atom is -0.382 e.